The maximum absolute atomic E-state index is 13.7. The van der Waals surface area contributed by atoms with Gasteiger partial charge in [0.05, 0.1) is 32.0 Å². The van der Waals surface area contributed by atoms with E-state index >= 15 is 0 Å². The fourth-order valence-corrected chi connectivity index (χ4v) is 3.88. The largest absolute Gasteiger partial charge is 0.545 e. The molecule has 1 aromatic heterocycles. The van der Waals surface area contributed by atoms with Gasteiger partial charge in [0.1, 0.15) is 11.2 Å². The second-order valence-electron chi connectivity index (χ2n) is 6.79. The van der Waals surface area contributed by atoms with Gasteiger partial charge in [0.2, 0.25) is 5.88 Å². The summed E-state index contributed by atoms with van der Waals surface area (Å²) in [5.74, 6) is -2.10. The Hall–Kier alpha value is -2.53. The van der Waals surface area contributed by atoms with E-state index < -0.39 is 23.6 Å². The van der Waals surface area contributed by atoms with Crippen molar-refractivity contribution < 1.29 is 37.3 Å². The van der Waals surface area contributed by atoms with Crippen molar-refractivity contribution in [1.82, 2.24) is 9.78 Å². The van der Waals surface area contributed by atoms with Crippen molar-refractivity contribution in [2.45, 2.75) is 38.3 Å². The second-order valence-corrected chi connectivity index (χ2v) is 7.54. The van der Waals surface area contributed by atoms with Crippen molar-refractivity contribution >= 4 is 27.5 Å². The van der Waals surface area contributed by atoms with Crippen LogP contribution in [0.1, 0.15) is 29.5 Å². The van der Waals surface area contributed by atoms with Crippen molar-refractivity contribution in [1.29, 1.82) is 0 Å². The smallest absolute Gasteiger partial charge is 0.424 e. The molecule has 0 aliphatic carbocycles. The van der Waals surface area contributed by atoms with Gasteiger partial charge in [-0.25, -0.2) is 0 Å². The Balaban J connectivity index is 1.90. The van der Waals surface area contributed by atoms with Crippen LogP contribution in [0, 0.1) is 0 Å². The molecule has 1 atom stereocenters. The Bertz CT molecular complexity index is 968. The summed E-state index contributed by atoms with van der Waals surface area (Å²) in [4.78, 5) is 11.4. The summed E-state index contributed by atoms with van der Waals surface area (Å²) in [5.41, 5.74) is -0.776. The number of hydrogen-bond acceptors (Lipinski definition) is 6. The van der Waals surface area contributed by atoms with Gasteiger partial charge in [0.15, 0.2) is 5.56 Å². The van der Waals surface area contributed by atoms with Crippen molar-refractivity contribution in [3.05, 3.63) is 51.8 Å². The second kappa shape index (κ2) is 9.73. The molecule has 1 aromatic carbocycles. The quantitative estimate of drug-likeness (QED) is 0.406. The Morgan fingerprint density at radius 3 is 2.77 bits per heavy atom. The Labute approximate surface area is 184 Å². The molecule has 2 aromatic rings. The normalized spacial score (nSPS) is 17.1. The van der Waals surface area contributed by atoms with Crippen molar-refractivity contribution in [2.75, 3.05) is 13.7 Å². The molecule has 0 N–H and O–H groups in total. The van der Waals surface area contributed by atoms with Crippen LogP contribution in [0.2, 0.25) is 0 Å². The zero-order valence-electron chi connectivity index (χ0n) is 16.4. The summed E-state index contributed by atoms with van der Waals surface area (Å²) < 4.78 is 57.6. The number of alkyl halides is 3. The van der Waals surface area contributed by atoms with Gasteiger partial charge in [-0.2, -0.15) is 13.2 Å². The topological polar surface area (TPSA) is 85.6 Å². The average molecular weight is 504 g/mol. The van der Waals surface area contributed by atoms with Gasteiger partial charge in [-0.3, -0.25) is 4.68 Å². The lowest BCUT2D eigenvalue weighted by atomic mass is 10.0. The molecule has 31 heavy (non-hydrogen) atoms. The first-order valence-electron chi connectivity index (χ1n) is 9.32. The summed E-state index contributed by atoms with van der Waals surface area (Å²) >= 11 is 2.98. The van der Waals surface area contributed by atoms with Crippen LogP contribution in [0.4, 0.5) is 13.2 Å². The Kier molecular flexibility index (Phi) is 7.26. The van der Waals surface area contributed by atoms with E-state index in [0.717, 1.165) is 23.8 Å². The molecule has 11 heteroatoms. The molecule has 0 saturated carbocycles. The number of aliphatic carboxylic acids is 1. The number of carbonyl (C=O) groups is 1. The lowest BCUT2D eigenvalue weighted by Gasteiger charge is -2.14. The number of carboxylic acids is 1. The molecule has 168 valence electrons. The molecule has 2 heterocycles. The van der Waals surface area contributed by atoms with Gasteiger partial charge in [-0.15, -0.1) is 5.10 Å². The van der Waals surface area contributed by atoms with Crippen LogP contribution in [0.5, 0.6) is 5.88 Å². The Morgan fingerprint density at radius 2 is 2.16 bits per heavy atom. The summed E-state index contributed by atoms with van der Waals surface area (Å²) in [6, 6.07) is 6.21. The molecule has 1 unspecified atom stereocenters. The first-order chi connectivity index (χ1) is 14.7. The third-order valence-electron chi connectivity index (χ3n) is 4.67. The standard InChI is InChI=1S/C20H20BrF3N2O5/c1-29-11-15(19(27)28)14-7-3-2-5-12(14)10-31-18-16(20(22,23)24)17(21)26(25-18)9-13-6-4-8-30-13/h2-3,5,7,11,13H,4,6,8-10H2,1H3,(H,27,28)/p-1/b15-11+. The maximum atomic E-state index is 13.7. The van der Waals surface area contributed by atoms with E-state index in [9.17, 15) is 23.1 Å². The number of hydrogen-bond donors (Lipinski definition) is 0. The molecule has 0 bridgehead atoms. The average Bonchev–Trinajstić information content (AvgIpc) is 3.32. The highest BCUT2D eigenvalue weighted by Gasteiger charge is 2.41. The van der Waals surface area contributed by atoms with Crippen LogP contribution in [-0.4, -0.2) is 35.6 Å². The number of rotatable bonds is 8. The fourth-order valence-electron chi connectivity index (χ4n) is 3.26. The molecular formula is C20H19BrF3N2O5-. The molecule has 1 aliphatic rings. The van der Waals surface area contributed by atoms with Crippen molar-refractivity contribution in [3.8, 4) is 5.88 Å². The molecule has 1 fully saturated rings. The molecule has 0 spiro atoms. The van der Waals surface area contributed by atoms with Crippen LogP contribution >= 0.6 is 15.9 Å². The zero-order valence-corrected chi connectivity index (χ0v) is 18.0. The van der Waals surface area contributed by atoms with E-state index in [1.54, 1.807) is 12.1 Å². The number of nitrogens with zero attached hydrogens (tertiary/aromatic N) is 2. The number of ether oxygens (including phenoxy) is 3. The van der Waals surface area contributed by atoms with Crippen LogP contribution < -0.4 is 9.84 Å². The van der Waals surface area contributed by atoms with Gasteiger partial charge in [0.25, 0.3) is 0 Å². The van der Waals surface area contributed by atoms with Gasteiger partial charge >= 0.3 is 6.18 Å². The van der Waals surface area contributed by atoms with E-state index in [-0.39, 0.29) is 35.0 Å². The summed E-state index contributed by atoms with van der Waals surface area (Å²) in [6.45, 7) is 0.359. The highest BCUT2D eigenvalue weighted by Crippen LogP contribution is 2.41. The molecule has 0 amide bonds. The molecule has 1 aliphatic heterocycles. The minimum absolute atomic E-state index is 0.148. The van der Waals surface area contributed by atoms with E-state index in [4.69, 9.17) is 14.2 Å². The molecule has 3 rings (SSSR count). The number of halogens is 4. The predicted octanol–water partition coefficient (Wildman–Crippen LogP) is 3.16. The maximum Gasteiger partial charge on any atom is 0.424 e. The number of carbonyl (C=O) groups excluding carboxylic acids is 1. The fraction of sp³-hybridized carbons (Fsp3) is 0.400. The number of methoxy groups -OCH3 is 1. The van der Waals surface area contributed by atoms with E-state index in [2.05, 4.69) is 21.0 Å². The number of carboxylic acid groups (broad SMARTS) is 1. The monoisotopic (exact) mass is 503 g/mol. The molecule has 0 radical (unpaired) electrons. The van der Waals surface area contributed by atoms with Crippen LogP contribution in [-0.2, 0) is 33.6 Å². The summed E-state index contributed by atoms with van der Waals surface area (Å²) in [5, 5.41) is 15.4. The predicted molar refractivity (Wildman–Crippen MR) is 105 cm³/mol. The van der Waals surface area contributed by atoms with Crippen LogP contribution in [0.15, 0.2) is 35.1 Å². The number of benzene rings is 1. The third kappa shape index (κ3) is 5.40. The Morgan fingerprint density at radius 1 is 1.42 bits per heavy atom. The van der Waals surface area contributed by atoms with E-state index in [1.807, 2.05) is 0 Å². The van der Waals surface area contributed by atoms with Gasteiger partial charge in [-0.05, 0) is 39.9 Å². The first kappa shape index (κ1) is 23.1. The van der Waals surface area contributed by atoms with Gasteiger partial charge in [0, 0.05) is 12.2 Å². The van der Waals surface area contributed by atoms with Gasteiger partial charge < -0.3 is 24.1 Å². The van der Waals surface area contributed by atoms with Crippen molar-refractivity contribution in [3.63, 3.8) is 0 Å². The minimum atomic E-state index is -4.71. The number of aromatic nitrogens is 2. The van der Waals surface area contributed by atoms with Crippen LogP contribution in [0.25, 0.3) is 5.57 Å². The summed E-state index contributed by atoms with van der Waals surface area (Å²) in [6.07, 6.45) is -2.38. The lowest BCUT2D eigenvalue weighted by Crippen LogP contribution is -2.24. The minimum Gasteiger partial charge on any atom is -0.545 e. The third-order valence-corrected chi connectivity index (χ3v) is 5.48. The zero-order chi connectivity index (χ0) is 22.6. The summed E-state index contributed by atoms with van der Waals surface area (Å²) in [7, 11) is 1.27. The van der Waals surface area contributed by atoms with Crippen molar-refractivity contribution in [2.24, 2.45) is 0 Å². The van der Waals surface area contributed by atoms with E-state index in [1.165, 1.54) is 19.2 Å². The lowest BCUT2D eigenvalue weighted by molar-refractivity contribution is -0.295. The van der Waals surface area contributed by atoms with Crippen LogP contribution in [0.3, 0.4) is 0 Å². The molecule has 1 saturated heterocycles. The molecule has 7 nitrogen and oxygen atoms in total. The van der Waals surface area contributed by atoms with Gasteiger partial charge in [-0.1, -0.05) is 24.3 Å². The highest BCUT2D eigenvalue weighted by atomic mass is 79.9. The first-order valence-corrected chi connectivity index (χ1v) is 10.1. The highest BCUT2D eigenvalue weighted by molar-refractivity contribution is 9.10. The SMILES string of the molecule is CO/C=C(/C(=O)[O-])c1ccccc1COc1nn(CC2CCCO2)c(Br)c1C(F)(F)F. The van der Waals surface area contributed by atoms with E-state index in [0.29, 0.717) is 12.2 Å². The molecular weight excluding hydrogens is 485 g/mol.